The number of Topliss-reactive ketones (excluding diaryl/α,β-unsaturated/α-hetero) is 1. The molecule has 0 aliphatic carbocycles. The number of nitrogens with zero attached hydrogens (tertiary/aromatic N) is 1. The molecule has 2 heterocycles. The summed E-state index contributed by atoms with van der Waals surface area (Å²) in [6.45, 7) is 12.8. The van der Waals surface area contributed by atoms with Gasteiger partial charge in [-0.25, -0.2) is 4.98 Å². The van der Waals surface area contributed by atoms with Crippen LogP contribution in [-0.4, -0.2) is 45.3 Å². The highest BCUT2D eigenvalue weighted by Gasteiger charge is 2.42. The maximum absolute atomic E-state index is 13.2. The van der Waals surface area contributed by atoms with Crippen LogP contribution in [0.15, 0.2) is 22.6 Å². The van der Waals surface area contributed by atoms with Crippen LogP contribution in [-0.2, 0) is 14.3 Å². The number of hydrogen-bond acceptors (Lipinski definition) is 7. The van der Waals surface area contributed by atoms with E-state index < -0.39 is 35.6 Å². The zero-order valence-electron chi connectivity index (χ0n) is 21.6. The first kappa shape index (κ1) is 28.4. The van der Waals surface area contributed by atoms with Crippen LogP contribution in [0, 0.1) is 24.2 Å². The lowest BCUT2D eigenvalue weighted by Gasteiger charge is -2.34. The van der Waals surface area contributed by atoms with E-state index in [4.69, 9.17) is 4.74 Å². The molecule has 5 atom stereocenters. The maximum atomic E-state index is 13.2. The number of allylic oxidation sites excluding steroid dienone is 1. The van der Waals surface area contributed by atoms with Gasteiger partial charge in [-0.05, 0) is 57.6 Å². The number of aromatic nitrogens is 1. The Morgan fingerprint density at radius 2 is 1.91 bits per heavy atom. The molecule has 1 aliphatic heterocycles. The Morgan fingerprint density at radius 1 is 1.24 bits per heavy atom. The predicted octanol–water partition coefficient (Wildman–Crippen LogP) is 5.27. The molecule has 0 aromatic carbocycles. The lowest BCUT2D eigenvalue weighted by Crippen LogP contribution is -2.45. The Kier molecular flexibility index (Phi) is 10.2. The van der Waals surface area contributed by atoms with E-state index in [9.17, 15) is 19.8 Å². The number of thiazole rings is 1. The van der Waals surface area contributed by atoms with E-state index >= 15 is 0 Å². The highest BCUT2D eigenvalue weighted by Crippen LogP contribution is 2.32. The second-order valence-corrected chi connectivity index (χ2v) is 11.5. The van der Waals surface area contributed by atoms with Crippen molar-refractivity contribution in [3.8, 4) is 0 Å². The molecule has 34 heavy (non-hydrogen) atoms. The number of carbonyl (C=O) groups is 2. The number of aliphatic hydroxyl groups excluding tert-OH is 2. The van der Waals surface area contributed by atoms with E-state index in [-0.39, 0.29) is 18.1 Å². The number of aliphatic hydroxyl groups is 2. The van der Waals surface area contributed by atoms with Gasteiger partial charge in [0, 0.05) is 17.7 Å². The van der Waals surface area contributed by atoms with Gasteiger partial charge in [0.1, 0.15) is 11.9 Å². The molecule has 190 valence electrons. The van der Waals surface area contributed by atoms with E-state index in [1.165, 1.54) is 5.57 Å². The summed E-state index contributed by atoms with van der Waals surface area (Å²) in [6.07, 6.45) is 4.33. The van der Waals surface area contributed by atoms with Crippen LogP contribution in [0.3, 0.4) is 0 Å². The van der Waals surface area contributed by atoms with Crippen LogP contribution in [0.1, 0.15) is 84.3 Å². The summed E-state index contributed by atoms with van der Waals surface area (Å²) in [6, 6.07) is 0. The molecular weight excluding hydrogens is 450 g/mol. The van der Waals surface area contributed by atoms with E-state index in [0.717, 1.165) is 35.5 Å². The van der Waals surface area contributed by atoms with Crippen molar-refractivity contribution in [2.45, 2.75) is 98.9 Å². The molecule has 0 radical (unpaired) electrons. The first-order valence-corrected chi connectivity index (χ1v) is 13.1. The molecule has 0 saturated carbocycles. The van der Waals surface area contributed by atoms with Gasteiger partial charge in [-0.3, -0.25) is 9.59 Å². The lowest BCUT2D eigenvalue weighted by atomic mass is 9.73. The molecule has 0 fully saturated rings. The molecule has 0 bridgehead atoms. The molecule has 1 aromatic rings. The average Bonchev–Trinajstić information content (AvgIpc) is 3.18. The fraction of sp³-hybridized carbons (Fsp3) is 0.667. The van der Waals surface area contributed by atoms with Gasteiger partial charge in [0.05, 0.1) is 34.7 Å². The molecule has 7 heteroatoms. The molecule has 0 unspecified atom stereocenters. The number of ketones is 1. The first-order chi connectivity index (χ1) is 15.8. The maximum Gasteiger partial charge on any atom is 0.309 e. The minimum absolute atomic E-state index is 0.0444. The second-order valence-electron chi connectivity index (χ2n) is 10.4. The summed E-state index contributed by atoms with van der Waals surface area (Å²) in [7, 11) is 0. The van der Waals surface area contributed by atoms with Crippen LogP contribution in [0.4, 0.5) is 0 Å². The van der Waals surface area contributed by atoms with Crippen molar-refractivity contribution in [3.63, 3.8) is 0 Å². The Balaban J connectivity index is 2.33. The van der Waals surface area contributed by atoms with Gasteiger partial charge in [0.15, 0.2) is 0 Å². The summed E-state index contributed by atoms with van der Waals surface area (Å²) in [4.78, 5) is 30.5. The van der Waals surface area contributed by atoms with Gasteiger partial charge in [-0.2, -0.15) is 0 Å². The molecule has 0 spiro atoms. The van der Waals surface area contributed by atoms with E-state index in [1.54, 1.807) is 32.1 Å². The number of aryl methyl sites for hydroxylation is 1. The predicted molar refractivity (Wildman–Crippen MR) is 136 cm³/mol. The van der Waals surface area contributed by atoms with Crippen LogP contribution in [0.25, 0.3) is 6.08 Å². The molecule has 1 aromatic heterocycles. The minimum atomic E-state index is -1.21. The number of esters is 1. The smallest absolute Gasteiger partial charge is 0.309 e. The standard InChI is InChI=1S/C27H41NO5S/c1-16-9-8-10-17(2)25(31)19(4)26(32)27(6,7)23(29)14-24(30)33-22(12-11-16)18(3)13-21-15-34-20(5)28-21/h11,13,15,17,19,22-23,25,29,31H,8-10,12,14H2,1-7H3/b16-11+,18-13+/t17-,19-,22+,23+,25+/m1/s1. The quantitative estimate of drug-likeness (QED) is 0.432. The molecule has 6 nitrogen and oxygen atoms in total. The number of cyclic esters (lactones) is 1. The molecule has 0 amide bonds. The van der Waals surface area contributed by atoms with Crippen LogP contribution in [0.5, 0.6) is 0 Å². The number of ether oxygens (including phenoxy) is 1. The fourth-order valence-corrected chi connectivity index (χ4v) is 4.97. The fourth-order valence-electron chi connectivity index (χ4n) is 4.40. The monoisotopic (exact) mass is 491 g/mol. The van der Waals surface area contributed by atoms with Gasteiger partial charge in [-0.1, -0.05) is 39.3 Å². The van der Waals surface area contributed by atoms with Gasteiger partial charge in [0.25, 0.3) is 0 Å². The summed E-state index contributed by atoms with van der Waals surface area (Å²) in [5.74, 6) is -1.49. The van der Waals surface area contributed by atoms with Crippen molar-refractivity contribution in [3.05, 3.63) is 33.3 Å². The van der Waals surface area contributed by atoms with Crippen LogP contribution < -0.4 is 0 Å². The van der Waals surface area contributed by atoms with Crippen LogP contribution >= 0.6 is 11.3 Å². The van der Waals surface area contributed by atoms with Crippen molar-refractivity contribution >= 4 is 29.2 Å². The SMILES string of the molecule is C/C1=C\C[C@@H](/C(C)=C/c2csc(C)n2)OC(=O)C[C@H](O)C(C)(C)C(=O)[C@H](C)[C@@H](O)[C@H](C)CCC1. The Morgan fingerprint density at radius 3 is 2.53 bits per heavy atom. The zero-order valence-corrected chi connectivity index (χ0v) is 22.4. The van der Waals surface area contributed by atoms with Gasteiger partial charge >= 0.3 is 5.97 Å². The van der Waals surface area contributed by atoms with Crippen LogP contribution in [0.2, 0.25) is 0 Å². The summed E-state index contributed by atoms with van der Waals surface area (Å²) in [5.41, 5.74) is 1.71. The van der Waals surface area contributed by atoms with Gasteiger partial charge in [-0.15, -0.1) is 11.3 Å². The molecule has 1 aliphatic rings. The number of rotatable bonds is 2. The zero-order chi connectivity index (χ0) is 25.6. The molecule has 2 rings (SSSR count). The third kappa shape index (κ3) is 7.59. The minimum Gasteiger partial charge on any atom is -0.457 e. The Labute approximate surface area is 208 Å². The topological polar surface area (TPSA) is 96.7 Å². The van der Waals surface area contributed by atoms with E-state index in [2.05, 4.69) is 18.0 Å². The van der Waals surface area contributed by atoms with Crippen molar-refractivity contribution < 1.29 is 24.5 Å². The lowest BCUT2D eigenvalue weighted by molar-refractivity contribution is -0.154. The third-order valence-corrected chi connectivity index (χ3v) is 7.83. The third-order valence-electron chi connectivity index (χ3n) is 7.04. The summed E-state index contributed by atoms with van der Waals surface area (Å²) in [5, 5.41) is 24.5. The molecule has 0 saturated heterocycles. The van der Waals surface area contributed by atoms with Crippen molar-refractivity contribution in [2.24, 2.45) is 17.3 Å². The second kappa shape index (κ2) is 12.2. The van der Waals surface area contributed by atoms with Crippen molar-refractivity contribution in [1.29, 1.82) is 0 Å². The highest BCUT2D eigenvalue weighted by atomic mass is 32.1. The van der Waals surface area contributed by atoms with E-state index in [0.29, 0.717) is 6.42 Å². The normalized spacial score (nSPS) is 32.1. The summed E-state index contributed by atoms with van der Waals surface area (Å²) < 4.78 is 5.81. The van der Waals surface area contributed by atoms with Crippen molar-refractivity contribution in [2.75, 3.05) is 0 Å². The molecular formula is C27H41NO5S. The molecule has 2 N–H and O–H groups in total. The number of hydrogen-bond donors (Lipinski definition) is 2. The highest BCUT2D eigenvalue weighted by molar-refractivity contribution is 7.09. The summed E-state index contributed by atoms with van der Waals surface area (Å²) >= 11 is 1.56. The van der Waals surface area contributed by atoms with Gasteiger partial charge < -0.3 is 14.9 Å². The van der Waals surface area contributed by atoms with E-state index in [1.807, 2.05) is 32.2 Å². The Hall–Kier alpha value is -1.83. The first-order valence-electron chi connectivity index (χ1n) is 12.2. The van der Waals surface area contributed by atoms with Crippen molar-refractivity contribution in [1.82, 2.24) is 4.98 Å². The Bertz CT molecular complexity index is 916. The van der Waals surface area contributed by atoms with Gasteiger partial charge in [0.2, 0.25) is 0 Å². The number of carbonyl (C=O) groups excluding carboxylic acids is 2. The largest absolute Gasteiger partial charge is 0.457 e. The average molecular weight is 492 g/mol.